The van der Waals surface area contributed by atoms with Gasteiger partial charge in [0.2, 0.25) is 0 Å². The molecule has 0 aliphatic heterocycles. The van der Waals surface area contributed by atoms with Crippen molar-refractivity contribution >= 4 is 12.1 Å². The number of carbonyl (C=O) groups excluding carboxylic acids is 1. The van der Waals surface area contributed by atoms with Crippen molar-refractivity contribution in [1.29, 1.82) is 0 Å². The van der Waals surface area contributed by atoms with E-state index in [2.05, 4.69) is 5.32 Å². The molecule has 8 nitrogen and oxygen atoms in total. The molecule has 0 aromatic carbocycles. The van der Waals surface area contributed by atoms with Crippen molar-refractivity contribution in [1.82, 2.24) is 5.32 Å². The molecule has 5 N–H and O–H groups in total. The number of aliphatic hydroxyl groups is 3. The van der Waals surface area contributed by atoms with Crippen LogP contribution in [0, 0.1) is 0 Å². The summed E-state index contributed by atoms with van der Waals surface area (Å²) in [5.41, 5.74) is -0.674. The fraction of sp³-hybridized carbons (Fsp3) is 0.833. The molecule has 0 radical (unpaired) electrons. The predicted molar refractivity (Wildman–Crippen MR) is 71.3 cm³/mol. The van der Waals surface area contributed by atoms with Gasteiger partial charge >= 0.3 is 12.1 Å². The van der Waals surface area contributed by atoms with E-state index >= 15 is 0 Å². The van der Waals surface area contributed by atoms with Crippen LogP contribution in [0.2, 0.25) is 0 Å². The summed E-state index contributed by atoms with van der Waals surface area (Å²) in [6, 6.07) is -1.12. The van der Waals surface area contributed by atoms with E-state index in [1.807, 2.05) is 0 Å². The molecular weight excluding hydrogens is 270 g/mol. The van der Waals surface area contributed by atoms with Gasteiger partial charge < -0.3 is 30.5 Å². The van der Waals surface area contributed by atoms with E-state index in [4.69, 9.17) is 25.2 Å². The average Bonchev–Trinajstić information content (AvgIpc) is 2.26. The maximum absolute atomic E-state index is 11.2. The van der Waals surface area contributed by atoms with Crippen molar-refractivity contribution in [2.24, 2.45) is 0 Å². The van der Waals surface area contributed by atoms with Crippen molar-refractivity contribution in [3.8, 4) is 0 Å². The Kier molecular flexibility index (Phi) is 10.9. The zero-order valence-electron chi connectivity index (χ0n) is 12.3. The van der Waals surface area contributed by atoms with Crippen LogP contribution in [-0.4, -0.2) is 63.4 Å². The molecule has 2 atom stereocenters. The van der Waals surface area contributed by atoms with E-state index < -0.39 is 29.8 Å². The average molecular weight is 295 g/mol. The van der Waals surface area contributed by atoms with Crippen molar-refractivity contribution < 1.29 is 34.8 Å². The highest BCUT2D eigenvalue weighted by molar-refractivity contribution is 5.79. The largest absolute Gasteiger partial charge is 0.480 e. The SMILES string of the molecule is CC(C)(C)OC(=O)N[C@@H](CCO)C(=O)O.CC(O)CO. The van der Waals surface area contributed by atoms with Gasteiger partial charge in [0.1, 0.15) is 11.6 Å². The number of nitrogens with one attached hydrogen (secondary N) is 1. The summed E-state index contributed by atoms with van der Waals surface area (Å²) < 4.78 is 4.87. The quantitative estimate of drug-likeness (QED) is 0.470. The summed E-state index contributed by atoms with van der Waals surface area (Å²) in [4.78, 5) is 21.8. The van der Waals surface area contributed by atoms with Crippen LogP contribution < -0.4 is 5.32 Å². The van der Waals surface area contributed by atoms with Crippen LogP contribution in [0.3, 0.4) is 0 Å². The first-order valence-corrected chi connectivity index (χ1v) is 6.15. The van der Waals surface area contributed by atoms with Crippen molar-refractivity contribution in [2.45, 2.75) is 51.9 Å². The maximum atomic E-state index is 11.2. The summed E-state index contributed by atoms with van der Waals surface area (Å²) in [5.74, 6) is -1.20. The number of ether oxygens (including phenoxy) is 1. The molecule has 0 aliphatic rings. The summed E-state index contributed by atoms with van der Waals surface area (Å²) in [6.45, 7) is 6.10. The Morgan fingerprint density at radius 1 is 1.25 bits per heavy atom. The molecule has 0 heterocycles. The fourth-order valence-corrected chi connectivity index (χ4v) is 0.836. The number of alkyl carbamates (subject to hydrolysis) is 1. The van der Waals surface area contributed by atoms with Crippen LogP contribution in [0.1, 0.15) is 34.1 Å². The molecule has 20 heavy (non-hydrogen) atoms. The Bertz CT molecular complexity index is 286. The Morgan fingerprint density at radius 2 is 1.70 bits per heavy atom. The minimum absolute atomic E-state index is 0.0470. The Balaban J connectivity index is 0. The van der Waals surface area contributed by atoms with Crippen LogP contribution in [0.5, 0.6) is 0 Å². The number of carbonyl (C=O) groups is 2. The lowest BCUT2D eigenvalue weighted by molar-refractivity contribution is -0.139. The van der Waals surface area contributed by atoms with Crippen LogP contribution in [-0.2, 0) is 9.53 Å². The van der Waals surface area contributed by atoms with Gasteiger partial charge in [0.25, 0.3) is 0 Å². The van der Waals surface area contributed by atoms with Gasteiger partial charge in [0.05, 0.1) is 12.7 Å². The van der Waals surface area contributed by atoms with E-state index in [-0.39, 0.29) is 19.6 Å². The molecule has 0 spiro atoms. The molecule has 0 saturated carbocycles. The van der Waals surface area contributed by atoms with Crippen LogP contribution in [0.15, 0.2) is 0 Å². The maximum Gasteiger partial charge on any atom is 0.408 e. The molecule has 8 heteroatoms. The lowest BCUT2D eigenvalue weighted by atomic mass is 10.2. The van der Waals surface area contributed by atoms with Gasteiger partial charge in [-0.1, -0.05) is 0 Å². The van der Waals surface area contributed by atoms with Gasteiger partial charge in [-0.2, -0.15) is 0 Å². The molecule has 0 aliphatic carbocycles. The Hall–Kier alpha value is -1.38. The third-order valence-corrected chi connectivity index (χ3v) is 1.67. The van der Waals surface area contributed by atoms with Crippen LogP contribution >= 0.6 is 0 Å². The number of hydrogen-bond acceptors (Lipinski definition) is 6. The molecule has 0 aromatic rings. The number of aliphatic carboxylic acids is 1. The van der Waals surface area contributed by atoms with Crippen molar-refractivity contribution in [2.75, 3.05) is 13.2 Å². The van der Waals surface area contributed by atoms with Gasteiger partial charge in [-0.25, -0.2) is 9.59 Å². The normalized spacial score (nSPS) is 13.6. The zero-order chi connectivity index (χ0) is 16.3. The second-order valence-electron chi connectivity index (χ2n) is 5.08. The summed E-state index contributed by atoms with van der Waals surface area (Å²) in [5, 5.41) is 35.4. The first kappa shape index (κ1) is 20.9. The molecule has 1 amide bonds. The highest BCUT2D eigenvalue weighted by Crippen LogP contribution is 2.07. The van der Waals surface area contributed by atoms with E-state index in [1.54, 1.807) is 20.8 Å². The van der Waals surface area contributed by atoms with Gasteiger partial charge in [-0.05, 0) is 27.7 Å². The van der Waals surface area contributed by atoms with Crippen LogP contribution in [0.4, 0.5) is 4.79 Å². The van der Waals surface area contributed by atoms with Crippen LogP contribution in [0.25, 0.3) is 0 Å². The van der Waals surface area contributed by atoms with Gasteiger partial charge in [-0.3, -0.25) is 0 Å². The zero-order valence-corrected chi connectivity index (χ0v) is 12.3. The third-order valence-electron chi connectivity index (χ3n) is 1.67. The van der Waals surface area contributed by atoms with Crippen molar-refractivity contribution in [3.63, 3.8) is 0 Å². The summed E-state index contributed by atoms with van der Waals surface area (Å²) in [7, 11) is 0. The molecule has 120 valence electrons. The highest BCUT2D eigenvalue weighted by atomic mass is 16.6. The molecule has 1 unspecified atom stereocenters. The second-order valence-corrected chi connectivity index (χ2v) is 5.08. The molecule has 0 bridgehead atoms. The topological polar surface area (TPSA) is 136 Å². The summed E-state index contributed by atoms with van der Waals surface area (Å²) >= 11 is 0. The Morgan fingerprint density at radius 3 is 1.95 bits per heavy atom. The van der Waals surface area contributed by atoms with Gasteiger partial charge in [0.15, 0.2) is 0 Å². The Labute approximate surface area is 118 Å². The second kappa shape index (κ2) is 10.4. The lowest BCUT2D eigenvalue weighted by Gasteiger charge is -2.21. The monoisotopic (exact) mass is 295 g/mol. The fourth-order valence-electron chi connectivity index (χ4n) is 0.836. The molecular formula is C12H25NO7. The number of rotatable bonds is 5. The standard InChI is InChI=1S/C9H17NO5.C3H8O2/c1-9(2,3)15-8(14)10-6(4-5-11)7(12)13;1-3(5)2-4/h6,11H,4-5H2,1-3H3,(H,10,14)(H,12,13);3-5H,2H2,1H3/t6-;/m0./s1. The minimum Gasteiger partial charge on any atom is -0.480 e. The predicted octanol–water partition coefficient (Wildman–Crippen LogP) is -0.294. The molecule has 0 rings (SSSR count). The molecule has 0 fully saturated rings. The third kappa shape index (κ3) is 14.7. The number of carboxylic acids is 1. The first-order valence-electron chi connectivity index (χ1n) is 6.15. The minimum atomic E-state index is -1.20. The van der Waals surface area contributed by atoms with E-state index in [0.29, 0.717) is 0 Å². The number of aliphatic hydroxyl groups excluding tert-OH is 3. The number of amides is 1. The van der Waals surface area contributed by atoms with Gasteiger partial charge in [-0.15, -0.1) is 0 Å². The smallest absolute Gasteiger partial charge is 0.408 e. The number of carboxylic acid groups (broad SMARTS) is 1. The first-order chi connectivity index (χ1) is 9.03. The summed E-state index contributed by atoms with van der Waals surface area (Å²) in [6.07, 6.45) is -1.41. The highest BCUT2D eigenvalue weighted by Gasteiger charge is 2.23. The van der Waals surface area contributed by atoms with Gasteiger partial charge in [0, 0.05) is 13.0 Å². The van der Waals surface area contributed by atoms with E-state index in [0.717, 1.165) is 0 Å². The van der Waals surface area contributed by atoms with E-state index in [9.17, 15) is 9.59 Å². The van der Waals surface area contributed by atoms with Crippen molar-refractivity contribution in [3.05, 3.63) is 0 Å². The van der Waals surface area contributed by atoms with E-state index in [1.165, 1.54) is 6.92 Å². The lowest BCUT2D eigenvalue weighted by Crippen LogP contribution is -2.43. The molecule has 0 aromatic heterocycles. The number of hydrogen-bond donors (Lipinski definition) is 5. The molecule has 0 saturated heterocycles.